The Hall–Kier alpha value is -1.34. The van der Waals surface area contributed by atoms with E-state index in [2.05, 4.69) is 52.5 Å². The zero-order chi connectivity index (χ0) is 13.8. The summed E-state index contributed by atoms with van der Waals surface area (Å²) in [5, 5.41) is 6.21. The predicted octanol–water partition coefficient (Wildman–Crippen LogP) is 3.80. The Balaban J connectivity index is 2.36. The Morgan fingerprint density at radius 3 is 2.58 bits per heavy atom. The van der Waals surface area contributed by atoms with Gasteiger partial charge in [-0.15, -0.1) is 0 Å². The quantitative estimate of drug-likeness (QED) is 0.835. The fraction of sp³-hybridized carbons (Fsp3) is 0.167. The Morgan fingerprint density at radius 2 is 1.89 bits per heavy atom. The van der Waals surface area contributed by atoms with E-state index in [0.29, 0.717) is 5.82 Å². The summed E-state index contributed by atoms with van der Waals surface area (Å²) in [5.74, 6) is 2.16. The van der Waals surface area contributed by atoms with Gasteiger partial charge in [-0.3, -0.25) is 0 Å². The van der Waals surface area contributed by atoms with Crippen LogP contribution in [0.5, 0.6) is 5.75 Å². The fourth-order valence-electron chi connectivity index (χ4n) is 1.49. The molecule has 1 aromatic carbocycles. The number of halogens is 2. The topological polar surface area (TPSA) is 59.1 Å². The van der Waals surface area contributed by atoms with Crippen molar-refractivity contribution in [3.8, 4) is 5.75 Å². The Morgan fingerprint density at radius 1 is 1.16 bits per heavy atom. The summed E-state index contributed by atoms with van der Waals surface area (Å²) >= 11 is 6.95. The molecule has 1 heterocycles. The van der Waals surface area contributed by atoms with Gasteiger partial charge in [-0.1, -0.05) is 0 Å². The van der Waals surface area contributed by atoms with Crippen molar-refractivity contribution >= 4 is 49.2 Å². The largest absolute Gasteiger partial charge is 0.497 e. The van der Waals surface area contributed by atoms with Crippen LogP contribution >= 0.6 is 31.9 Å². The summed E-state index contributed by atoms with van der Waals surface area (Å²) in [6, 6.07) is 5.68. The van der Waals surface area contributed by atoms with Crippen molar-refractivity contribution in [2.24, 2.45) is 0 Å². The minimum absolute atomic E-state index is 0.674. The lowest BCUT2D eigenvalue weighted by molar-refractivity contribution is 0.415. The maximum Gasteiger partial charge on any atom is 0.150 e. The van der Waals surface area contributed by atoms with Crippen molar-refractivity contribution in [2.45, 2.75) is 0 Å². The van der Waals surface area contributed by atoms with Crippen molar-refractivity contribution in [3.05, 3.63) is 33.5 Å². The fourth-order valence-corrected chi connectivity index (χ4v) is 2.33. The number of aromatic nitrogens is 2. The molecule has 2 rings (SSSR count). The van der Waals surface area contributed by atoms with Crippen molar-refractivity contribution in [1.29, 1.82) is 0 Å². The van der Waals surface area contributed by atoms with E-state index in [-0.39, 0.29) is 0 Å². The standard InChI is InChI=1S/C12H12Br2N4O/c1-15-11-10(14)12(17-6-16-11)18-9-5-7(19-2)3-4-8(9)13/h3-6H,1-2H3,(H2,15,16,17,18). The summed E-state index contributed by atoms with van der Waals surface area (Å²) in [6.45, 7) is 0. The minimum Gasteiger partial charge on any atom is -0.497 e. The van der Waals surface area contributed by atoms with Gasteiger partial charge in [0.1, 0.15) is 28.2 Å². The molecule has 0 bridgehead atoms. The first-order valence-electron chi connectivity index (χ1n) is 5.44. The number of nitrogens with zero attached hydrogens (tertiary/aromatic N) is 2. The van der Waals surface area contributed by atoms with Gasteiger partial charge in [0.15, 0.2) is 0 Å². The molecular formula is C12H12Br2N4O. The molecular weight excluding hydrogens is 376 g/mol. The van der Waals surface area contributed by atoms with E-state index in [4.69, 9.17) is 4.74 Å². The second-order valence-corrected chi connectivity index (χ2v) is 5.25. The molecule has 0 atom stereocenters. The second kappa shape index (κ2) is 6.21. The Labute approximate surface area is 128 Å². The van der Waals surface area contributed by atoms with Gasteiger partial charge in [0.2, 0.25) is 0 Å². The Bertz CT molecular complexity index is 592. The maximum absolute atomic E-state index is 5.21. The highest BCUT2D eigenvalue weighted by Gasteiger charge is 2.09. The number of nitrogens with one attached hydrogen (secondary N) is 2. The number of hydrogen-bond donors (Lipinski definition) is 2. The molecule has 2 N–H and O–H groups in total. The molecule has 0 radical (unpaired) electrons. The van der Waals surface area contributed by atoms with Crippen molar-refractivity contribution < 1.29 is 4.74 Å². The molecule has 0 aliphatic carbocycles. The van der Waals surface area contributed by atoms with Crippen LogP contribution in [0.4, 0.5) is 17.3 Å². The molecule has 0 aliphatic rings. The third kappa shape index (κ3) is 3.16. The van der Waals surface area contributed by atoms with Crippen LogP contribution < -0.4 is 15.4 Å². The predicted molar refractivity (Wildman–Crippen MR) is 83.3 cm³/mol. The first-order valence-corrected chi connectivity index (χ1v) is 7.03. The first-order chi connectivity index (χ1) is 9.15. The average molecular weight is 388 g/mol. The third-order valence-electron chi connectivity index (χ3n) is 2.45. The number of benzene rings is 1. The van der Waals surface area contributed by atoms with Gasteiger partial charge in [0.05, 0.1) is 12.8 Å². The van der Waals surface area contributed by atoms with Gasteiger partial charge in [-0.2, -0.15) is 0 Å². The molecule has 1 aromatic heterocycles. The SMILES string of the molecule is CNc1ncnc(Nc2cc(OC)ccc2Br)c1Br. The van der Waals surface area contributed by atoms with E-state index in [1.165, 1.54) is 6.33 Å². The van der Waals surface area contributed by atoms with Crippen LogP contribution in [0, 0.1) is 0 Å². The van der Waals surface area contributed by atoms with E-state index >= 15 is 0 Å². The number of ether oxygens (including phenoxy) is 1. The van der Waals surface area contributed by atoms with E-state index in [0.717, 1.165) is 26.2 Å². The highest BCUT2D eigenvalue weighted by molar-refractivity contribution is 9.11. The van der Waals surface area contributed by atoms with Gasteiger partial charge < -0.3 is 15.4 Å². The smallest absolute Gasteiger partial charge is 0.150 e. The monoisotopic (exact) mass is 386 g/mol. The molecule has 7 heteroatoms. The molecule has 0 spiro atoms. The van der Waals surface area contributed by atoms with Gasteiger partial charge in [-0.25, -0.2) is 9.97 Å². The molecule has 100 valence electrons. The van der Waals surface area contributed by atoms with E-state index < -0.39 is 0 Å². The molecule has 0 amide bonds. The molecule has 0 saturated carbocycles. The lowest BCUT2D eigenvalue weighted by Crippen LogP contribution is -2.01. The molecule has 2 aromatic rings. The zero-order valence-corrected chi connectivity index (χ0v) is 13.5. The number of rotatable bonds is 4. The van der Waals surface area contributed by atoms with Crippen LogP contribution in [-0.2, 0) is 0 Å². The van der Waals surface area contributed by atoms with E-state index in [9.17, 15) is 0 Å². The summed E-state index contributed by atoms with van der Waals surface area (Å²) in [6.07, 6.45) is 1.49. The number of methoxy groups -OCH3 is 1. The molecule has 19 heavy (non-hydrogen) atoms. The van der Waals surface area contributed by atoms with Crippen LogP contribution in [0.1, 0.15) is 0 Å². The maximum atomic E-state index is 5.21. The van der Waals surface area contributed by atoms with Gasteiger partial charge >= 0.3 is 0 Å². The second-order valence-electron chi connectivity index (χ2n) is 3.61. The normalized spacial score (nSPS) is 10.1. The van der Waals surface area contributed by atoms with E-state index in [1.807, 2.05) is 18.2 Å². The molecule has 0 saturated heterocycles. The summed E-state index contributed by atoms with van der Waals surface area (Å²) in [7, 11) is 3.44. The van der Waals surface area contributed by atoms with Crippen molar-refractivity contribution in [3.63, 3.8) is 0 Å². The number of anilines is 3. The van der Waals surface area contributed by atoms with Gasteiger partial charge in [0, 0.05) is 17.6 Å². The molecule has 0 unspecified atom stereocenters. The van der Waals surface area contributed by atoms with Crippen LogP contribution in [0.3, 0.4) is 0 Å². The molecule has 0 fully saturated rings. The first kappa shape index (κ1) is 14.1. The lowest BCUT2D eigenvalue weighted by Gasteiger charge is -2.12. The molecule has 5 nitrogen and oxygen atoms in total. The highest BCUT2D eigenvalue weighted by atomic mass is 79.9. The summed E-state index contributed by atoms with van der Waals surface area (Å²) in [5.41, 5.74) is 0.862. The number of hydrogen-bond acceptors (Lipinski definition) is 5. The summed E-state index contributed by atoms with van der Waals surface area (Å²) < 4.78 is 6.90. The minimum atomic E-state index is 0.674. The van der Waals surface area contributed by atoms with Gasteiger partial charge in [0.25, 0.3) is 0 Å². The molecule has 0 aliphatic heterocycles. The zero-order valence-electron chi connectivity index (χ0n) is 10.4. The van der Waals surface area contributed by atoms with Crippen LogP contribution in [-0.4, -0.2) is 24.1 Å². The van der Waals surface area contributed by atoms with Crippen molar-refractivity contribution in [2.75, 3.05) is 24.8 Å². The lowest BCUT2D eigenvalue weighted by atomic mass is 10.3. The summed E-state index contributed by atoms with van der Waals surface area (Å²) in [4.78, 5) is 8.32. The highest BCUT2D eigenvalue weighted by Crippen LogP contribution is 2.33. The van der Waals surface area contributed by atoms with Gasteiger partial charge in [-0.05, 0) is 44.0 Å². The average Bonchev–Trinajstić information content (AvgIpc) is 2.43. The third-order valence-corrected chi connectivity index (χ3v) is 3.90. The van der Waals surface area contributed by atoms with Crippen LogP contribution in [0.2, 0.25) is 0 Å². The Kier molecular flexibility index (Phi) is 4.60. The van der Waals surface area contributed by atoms with Crippen LogP contribution in [0.15, 0.2) is 33.5 Å². The van der Waals surface area contributed by atoms with E-state index in [1.54, 1.807) is 14.2 Å². The van der Waals surface area contributed by atoms with Crippen molar-refractivity contribution in [1.82, 2.24) is 9.97 Å². The van der Waals surface area contributed by atoms with Crippen LogP contribution in [0.25, 0.3) is 0 Å².